The lowest BCUT2D eigenvalue weighted by Crippen LogP contribution is -2.55. The van der Waals surface area contributed by atoms with Crippen LogP contribution in [0.1, 0.15) is 64.6 Å². The predicted molar refractivity (Wildman–Crippen MR) is 289 cm³/mol. The number of fused-ring (bicyclic) bond motifs is 1. The molecule has 8 rings (SSSR count). The zero-order valence-electron chi connectivity index (χ0n) is 40.9. The van der Waals surface area contributed by atoms with Gasteiger partial charge in [0.25, 0.3) is 0 Å². The van der Waals surface area contributed by atoms with E-state index in [9.17, 15) is 29.1 Å². The Morgan fingerprint density at radius 1 is 0.743 bits per heavy atom. The molecule has 0 radical (unpaired) electrons. The Hall–Kier alpha value is -7.70. The number of unbranched alkanes of at least 4 members (excludes halogenated alkanes) is 1. The molecule has 15 nitrogen and oxygen atoms in total. The highest BCUT2D eigenvalue weighted by atomic mass is 32.2. The Morgan fingerprint density at radius 3 is 2.01 bits per heavy atom. The fourth-order valence-corrected chi connectivity index (χ4v) is 10.5. The van der Waals surface area contributed by atoms with Crippen LogP contribution in [0.4, 0.5) is 10.5 Å². The van der Waals surface area contributed by atoms with Crippen molar-refractivity contribution in [1.29, 1.82) is 0 Å². The number of nitrogens with zero attached hydrogens (tertiary/aromatic N) is 2. The Labute approximate surface area is 437 Å². The molecule has 0 bridgehead atoms. The monoisotopic (exact) mass is 1030 g/mol. The van der Waals surface area contributed by atoms with Crippen LogP contribution in [-0.2, 0) is 42.5 Å². The number of hydrogen-bond acceptors (Lipinski definition) is 13. The van der Waals surface area contributed by atoms with Gasteiger partial charge in [0, 0.05) is 18.2 Å². The predicted octanol–water partition coefficient (Wildman–Crippen LogP) is 8.52. The molecule has 0 unspecified atom stereocenters. The van der Waals surface area contributed by atoms with Crippen LogP contribution in [0, 0.1) is 6.92 Å². The largest absolute Gasteiger partial charge is 0.514 e. The van der Waals surface area contributed by atoms with Gasteiger partial charge < -0.3 is 36.3 Å². The Balaban J connectivity index is 0.928. The molecule has 1 aliphatic rings. The maximum Gasteiger partial charge on any atom is 0.514 e. The Morgan fingerprint density at radius 2 is 1.38 bits per heavy atom. The van der Waals surface area contributed by atoms with Crippen molar-refractivity contribution in [3.8, 4) is 5.75 Å². The van der Waals surface area contributed by atoms with Gasteiger partial charge in [-0.2, -0.15) is 0 Å². The van der Waals surface area contributed by atoms with E-state index in [0.717, 1.165) is 44.3 Å². The molecule has 0 fully saturated rings. The molecule has 0 aliphatic carbocycles. The summed E-state index contributed by atoms with van der Waals surface area (Å²) in [4.78, 5) is 74.4. The number of amides is 3. The van der Waals surface area contributed by atoms with Gasteiger partial charge in [-0.15, -0.1) is 11.3 Å². The third-order valence-corrected chi connectivity index (χ3v) is 14.8. The lowest BCUT2D eigenvalue weighted by atomic mass is 9.76. The first-order valence-corrected chi connectivity index (χ1v) is 26.0. The lowest BCUT2D eigenvalue weighted by molar-refractivity contribution is -0.136. The number of hydrogen-bond donors (Lipinski definition) is 6. The number of aliphatic imine (C=N–C) groups is 1. The van der Waals surface area contributed by atoms with E-state index in [1.165, 1.54) is 11.3 Å². The number of anilines is 1. The molecule has 0 saturated carbocycles. The van der Waals surface area contributed by atoms with Crippen molar-refractivity contribution in [3.05, 3.63) is 196 Å². The summed E-state index contributed by atoms with van der Waals surface area (Å²) in [7, 11) is 0. The van der Waals surface area contributed by atoms with Crippen LogP contribution >= 0.6 is 23.1 Å². The number of nitrogens with two attached hydrogens (primary N) is 1. The molecule has 74 heavy (non-hydrogen) atoms. The average Bonchev–Trinajstić information content (AvgIpc) is 4.09. The number of carbonyl (C=O) groups excluding carboxylic acids is 4. The fraction of sp³-hybridized carbons (Fsp3) is 0.246. The molecule has 2 heterocycles. The number of nitrogens with one attached hydrogen (secondary N) is 4. The molecule has 7 aromatic rings. The van der Waals surface area contributed by atoms with Crippen LogP contribution in [0.5, 0.6) is 5.75 Å². The summed E-state index contributed by atoms with van der Waals surface area (Å²) in [6.45, 7) is 4.23. The van der Waals surface area contributed by atoms with E-state index in [0.29, 0.717) is 46.2 Å². The van der Waals surface area contributed by atoms with Gasteiger partial charge in [0.15, 0.2) is 0 Å². The molecule has 0 saturated heterocycles. The topological polar surface area (TPSA) is 223 Å². The van der Waals surface area contributed by atoms with Gasteiger partial charge in [0.05, 0.1) is 28.3 Å². The molecule has 0 spiro atoms. The number of ether oxygens (including phenoxy) is 2. The SMILES string of the molecule is Cc1ccc(C(NCCCC[C@H](NC(=O)[C@H](Cc2ccccc2)NC(=O)[C@H](C)N)C(=O)Nc2ccc(COC(=O)Oc3ccc4nc(C5=NC[C@H](C(=O)O)S5)sc4c3)cc2)(c2ccccc2)c2ccccc2)cc1. The zero-order chi connectivity index (χ0) is 52.0. The number of carboxylic acid groups (broad SMARTS) is 1. The molecular weight excluding hydrogens is 975 g/mol. The number of benzene rings is 6. The second-order valence-corrected chi connectivity index (χ2v) is 20.2. The fourth-order valence-electron chi connectivity index (χ4n) is 8.50. The molecule has 17 heteroatoms. The number of aromatic nitrogens is 1. The van der Waals surface area contributed by atoms with Crippen molar-refractivity contribution in [1.82, 2.24) is 20.9 Å². The Kier molecular flexibility index (Phi) is 17.6. The highest BCUT2D eigenvalue weighted by Gasteiger charge is 2.36. The first kappa shape index (κ1) is 52.6. The molecule has 380 valence electrons. The van der Waals surface area contributed by atoms with Gasteiger partial charge in [0.1, 0.15) is 39.7 Å². The number of carboxylic acids is 1. The van der Waals surface area contributed by atoms with Gasteiger partial charge in [-0.25, -0.2) is 9.78 Å². The normalized spacial score (nSPS) is 14.5. The van der Waals surface area contributed by atoms with E-state index in [-0.39, 0.29) is 31.7 Å². The molecule has 1 aromatic heterocycles. The first-order chi connectivity index (χ1) is 35.8. The maximum atomic E-state index is 14.3. The third-order valence-electron chi connectivity index (χ3n) is 12.4. The summed E-state index contributed by atoms with van der Waals surface area (Å²) < 4.78 is 11.6. The quantitative estimate of drug-likeness (QED) is 0.0163. The number of rotatable bonds is 22. The number of thiazole rings is 1. The van der Waals surface area contributed by atoms with Gasteiger partial charge in [-0.05, 0) is 91.7 Å². The van der Waals surface area contributed by atoms with Crippen molar-refractivity contribution >= 4 is 73.9 Å². The van der Waals surface area contributed by atoms with E-state index in [4.69, 9.17) is 15.2 Å². The van der Waals surface area contributed by atoms with Gasteiger partial charge in [0.2, 0.25) is 17.7 Å². The average molecular weight is 1030 g/mol. The number of thioether (sulfide) groups is 1. The van der Waals surface area contributed by atoms with E-state index in [1.54, 1.807) is 49.4 Å². The Bertz CT molecular complexity index is 3040. The van der Waals surface area contributed by atoms with Gasteiger partial charge in [-0.1, -0.05) is 145 Å². The van der Waals surface area contributed by atoms with Crippen LogP contribution in [0.3, 0.4) is 0 Å². The van der Waals surface area contributed by atoms with Crippen LogP contribution in [0.15, 0.2) is 163 Å². The molecular formula is C57H57N7O8S2. The number of aryl methyl sites for hydroxylation is 1. The summed E-state index contributed by atoms with van der Waals surface area (Å²) in [6.07, 6.45) is 0.717. The standard InChI is InChI=1S/C57H57N7O8S2/c1-36-21-25-42(26-22-36)57(40-16-8-4-9-17-40,41-18-10-5-11-19-41)60-31-13-12-20-46(62-52(67)47(63-50(65)37(2)58)32-38-14-6-3-7-15-38)51(66)61-43-27-23-39(24-28-43)35-71-56(70)72-44-29-30-45-48(33-44)73-54(64-45)53-59-34-49(74-53)55(68)69/h3-11,14-19,21-30,33,37,46-47,49,60H,12-13,20,31-32,34-35,58H2,1-2H3,(H,61,66)(H,62,67)(H,63,65)(H,68,69)/t37-,46-,47-,49+/m0/s1. The van der Waals surface area contributed by atoms with Crippen LogP contribution in [-0.4, -0.2) is 81.4 Å². The first-order valence-electron chi connectivity index (χ1n) is 24.3. The molecule has 1 aliphatic heterocycles. The van der Waals surface area contributed by atoms with E-state index >= 15 is 0 Å². The third kappa shape index (κ3) is 13.5. The molecule has 4 atom stereocenters. The van der Waals surface area contributed by atoms with Gasteiger partial charge >= 0.3 is 12.1 Å². The molecule has 6 aromatic carbocycles. The van der Waals surface area contributed by atoms with Crippen molar-refractivity contribution in [2.24, 2.45) is 10.7 Å². The van der Waals surface area contributed by atoms with Crippen LogP contribution in [0.2, 0.25) is 0 Å². The van der Waals surface area contributed by atoms with Crippen molar-refractivity contribution in [3.63, 3.8) is 0 Å². The summed E-state index contributed by atoms with van der Waals surface area (Å²) in [5.41, 5.74) is 12.1. The summed E-state index contributed by atoms with van der Waals surface area (Å²) in [6, 6.07) is 47.3. The highest BCUT2D eigenvalue weighted by Crippen LogP contribution is 2.37. The summed E-state index contributed by atoms with van der Waals surface area (Å²) in [5, 5.41) is 22.4. The minimum Gasteiger partial charge on any atom is -0.480 e. The lowest BCUT2D eigenvalue weighted by Gasteiger charge is -2.37. The van der Waals surface area contributed by atoms with Crippen molar-refractivity contribution in [2.75, 3.05) is 18.4 Å². The summed E-state index contributed by atoms with van der Waals surface area (Å²) in [5.74, 6) is -2.16. The number of carbonyl (C=O) groups is 5. The maximum absolute atomic E-state index is 14.3. The summed E-state index contributed by atoms with van der Waals surface area (Å²) >= 11 is 2.48. The van der Waals surface area contributed by atoms with E-state index in [2.05, 4.69) is 86.7 Å². The van der Waals surface area contributed by atoms with E-state index < -0.39 is 58.8 Å². The molecule has 3 amide bonds. The van der Waals surface area contributed by atoms with Crippen LogP contribution < -0.4 is 31.7 Å². The zero-order valence-corrected chi connectivity index (χ0v) is 42.5. The van der Waals surface area contributed by atoms with Crippen molar-refractivity contribution < 1.29 is 38.6 Å². The minimum atomic E-state index is -1.01. The van der Waals surface area contributed by atoms with Crippen LogP contribution in [0.25, 0.3) is 10.2 Å². The highest BCUT2D eigenvalue weighted by molar-refractivity contribution is 8.16. The second-order valence-electron chi connectivity index (χ2n) is 17.9. The van der Waals surface area contributed by atoms with E-state index in [1.807, 2.05) is 66.7 Å². The molecule has 7 N–H and O–H groups in total. The van der Waals surface area contributed by atoms with Gasteiger partial charge in [-0.3, -0.25) is 29.5 Å². The second kappa shape index (κ2) is 24.8. The smallest absolute Gasteiger partial charge is 0.480 e. The number of aliphatic carboxylic acids is 1. The van der Waals surface area contributed by atoms with Crippen molar-refractivity contribution in [2.45, 2.75) is 75.1 Å². The minimum absolute atomic E-state index is 0.121.